The van der Waals surface area contributed by atoms with Crippen molar-refractivity contribution in [2.45, 2.75) is 0 Å². The minimum atomic E-state index is -0.222. The molecular formula is C13H8ClN3O. The molecule has 0 atom stereocenters. The second-order valence-electron chi connectivity index (χ2n) is 3.78. The van der Waals surface area contributed by atoms with Crippen molar-refractivity contribution >= 4 is 28.4 Å². The lowest BCUT2D eigenvalue weighted by Gasteiger charge is -2.03. The van der Waals surface area contributed by atoms with Crippen molar-refractivity contribution in [3.05, 3.63) is 59.8 Å². The first-order chi connectivity index (χ1) is 8.75. The number of aromatic nitrogens is 3. The van der Waals surface area contributed by atoms with Crippen LogP contribution in [0.5, 0.6) is 0 Å². The molecule has 88 valence electrons. The van der Waals surface area contributed by atoms with Crippen LogP contribution in [-0.2, 0) is 0 Å². The Kier molecular flexibility index (Phi) is 2.57. The van der Waals surface area contributed by atoms with Gasteiger partial charge in [-0.05, 0) is 12.1 Å². The van der Waals surface area contributed by atoms with Gasteiger partial charge in [0.25, 0.3) is 5.91 Å². The fourth-order valence-corrected chi connectivity index (χ4v) is 1.98. The molecule has 0 saturated heterocycles. The summed E-state index contributed by atoms with van der Waals surface area (Å²) in [7, 11) is 0. The lowest BCUT2D eigenvalue weighted by atomic mass is 10.2. The molecule has 0 aliphatic carbocycles. The Morgan fingerprint density at radius 3 is 2.83 bits per heavy atom. The number of hydrogen-bond acceptors (Lipinski definition) is 3. The zero-order valence-electron chi connectivity index (χ0n) is 9.25. The lowest BCUT2D eigenvalue weighted by Crippen LogP contribution is -2.12. The van der Waals surface area contributed by atoms with Gasteiger partial charge < -0.3 is 0 Å². The van der Waals surface area contributed by atoms with Gasteiger partial charge in [-0.1, -0.05) is 29.8 Å². The van der Waals surface area contributed by atoms with Crippen LogP contribution < -0.4 is 0 Å². The van der Waals surface area contributed by atoms with E-state index in [1.54, 1.807) is 10.8 Å². The van der Waals surface area contributed by atoms with E-state index in [9.17, 15) is 4.79 Å². The summed E-state index contributed by atoms with van der Waals surface area (Å²) in [5.74, 6) is -0.222. The molecule has 18 heavy (non-hydrogen) atoms. The van der Waals surface area contributed by atoms with Crippen LogP contribution >= 0.6 is 11.6 Å². The second kappa shape index (κ2) is 4.23. The highest BCUT2D eigenvalue weighted by Crippen LogP contribution is 2.16. The maximum absolute atomic E-state index is 12.3. The van der Waals surface area contributed by atoms with E-state index in [0.717, 1.165) is 10.9 Å². The average Bonchev–Trinajstić information content (AvgIpc) is 2.82. The highest BCUT2D eigenvalue weighted by Gasteiger charge is 2.12. The van der Waals surface area contributed by atoms with E-state index in [0.29, 0.717) is 0 Å². The minimum Gasteiger partial charge on any atom is -0.282 e. The fraction of sp³-hybridized carbons (Fsp3) is 0. The van der Waals surface area contributed by atoms with E-state index in [1.807, 2.05) is 30.3 Å². The van der Waals surface area contributed by atoms with Crippen LogP contribution in [0.1, 0.15) is 10.5 Å². The quantitative estimate of drug-likeness (QED) is 0.630. The molecule has 2 heterocycles. The number of fused-ring (bicyclic) bond motifs is 1. The molecule has 0 aliphatic heterocycles. The Hall–Kier alpha value is -2.20. The third-order valence-corrected chi connectivity index (χ3v) is 2.88. The Morgan fingerprint density at radius 1 is 1.17 bits per heavy atom. The number of hydrogen-bond donors (Lipinski definition) is 0. The van der Waals surface area contributed by atoms with Crippen LogP contribution in [-0.4, -0.2) is 20.4 Å². The first-order valence-electron chi connectivity index (χ1n) is 5.34. The summed E-state index contributed by atoms with van der Waals surface area (Å²) in [6.07, 6.45) is 3.00. The van der Waals surface area contributed by atoms with E-state index in [-0.39, 0.29) is 16.8 Å². The van der Waals surface area contributed by atoms with E-state index >= 15 is 0 Å². The number of para-hydroxylation sites is 1. The van der Waals surface area contributed by atoms with Crippen LogP contribution in [0, 0.1) is 0 Å². The lowest BCUT2D eigenvalue weighted by molar-refractivity contribution is 0.0960. The van der Waals surface area contributed by atoms with Crippen molar-refractivity contribution in [3.8, 4) is 0 Å². The van der Waals surface area contributed by atoms with Gasteiger partial charge in [0.15, 0.2) is 0 Å². The Bertz CT molecular complexity index is 736. The van der Waals surface area contributed by atoms with Crippen molar-refractivity contribution in [1.29, 1.82) is 0 Å². The normalized spacial score (nSPS) is 10.7. The monoisotopic (exact) mass is 257 g/mol. The second-order valence-corrected chi connectivity index (χ2v) is 4.16. The predicted molar refractivity (Wildman–Crippen MR) is 68.7 cm³/mol. The molecule has 0 aliphatic rings. The van der Waals surface area contributed by atoms with Crippen LogP contribution in [0.25, 0.3) is 10.9 Å². The van der Waals surface area contributed by atoms with Gasteiger partial charge in [-0.25, -0.2) is 9.97 Å². The number of carbonyl (C=O) groups excluding carboxylic acids is 1. The first kappa shape index (κ1) is 10.9. The van der Waals surface area contributed by atoms with Gasteiger partial charge in [-0.2, -0.15) is 0 Å². The summed E-state index contributed by atoms with van der Waals surface area (Å²) in [5.41, 5.74) is 1.12. The maximum Gasteiger partial charge on any atom is 0.281 e. The maximum atomic E-state index is 12.3. The third-order valence-electron chi connectivity index (χ3n) is 2.67. The van der Waals surface area contributed by atoms with Gasteiger partial charge in [-0.15, -0.1) is 0 Å². The SMILES string of the molecule is O=C(c1cc(Cl)ncn1)n1ccc2ccccc21. The van der Waals surface area contributed by atoms with E-state index in [1.165, 1.54) is 12.4 Å². The molecule has 0 unspecified atom stereocenters. The summed E-state index contributed by atoms with van der Waals surface area (Å²) < 4.78 is 1.55. The molecule has 0 bridgehead atoms. The molecule has 0 spiro atoms. The Morgan fingerprint density at radius 2 is 2.00 bits per heavy atom. The summed E-state index contributed by atoms with van der Waals surface area (Å²) in [4.78, 5) is 20.0. The molecule has 4 nitrogen and oxygen atoms in total. The fourth-order valence-electron chi connectivity index (χ4n) is 1.83. The summed E-state index contributed by atoms with van der Waals surface area (Å²) in [5, 5.41) is 1.26. The number of carbonyl (C=O) groups is 1. The van der Waals surface area contributed by atoms with Crippen LogP contribution in [0.3, 0.4) is 0 Å². The van der Waals surface area contributed by atoms with Gasteiger partial charge >= 0.3 is 0 Å². The standard InChI is InChI=1S/C13H8ClN3O/c14-12-7-10(15-8-16-12)13(18)17-6-5-9-3-1-2-4-11(9)17/h1-8H. The number of rotatable bonds is 1. The molecular weight excluding hydrogens is 250 g/mol. The van der Waals surface area contributed by atoms with Gasteiger partial charge in [0.1, 0.15) is 17.2 Å². The van der Waals surface area contributed by atoms with Crippen molar-refractivity contribution in [2.24, 2.45) is 0 Å². The highest BCUT2D eigenvalue weighted by molar-refractivity contribution is 6.29. The predicted octanol–water partition coefficient (Wildman–Crippen LogP) is 2.77. The molecule has 0 fully saturated rings. The molecule has 0 radical (unpaired) electrons. The van der Waals surface area contributed by atoms with E-state index in [2.05, 4.69) is 9.97 Å². The molecule has 0 amide bonds. The van der Waals surface area contributed by atoms with Gasteiger partial charge in [0.05, 0.1) is 5.52 Å². The molecule has 0 saturated carbocycles. The topological polar surface area (TPSA) is 47.8 Å². The summed E-state index contributed by atoms with van der Waals surface area (Å²) in [6.45, 7) is 0. The van der Waals surface area contributed by atoms with Gasteiger partial charge in [0, 0.05) is 17.6 Å². The molecule has 5 heteroatoms. The van der Waals surface area contributed by atoms with Crippen LogP contribution in [0.4, 0.5) is 0 Å². The minimum absolute atomic E-state index is 0.222. The highest BCUT2D eigenvalue weighted by atomic mass is 35.5. The molecule has 1 aromatic carbocycles. The van der Waals surface area contributed by atoms with Crippen LogP contribution in [0.2, 0.25) is 5.15 Å². The van der Waals surface area contributed by atoms with Crippen molar-refractivity contribution in [1.82, 2.24) is 14.5 Å². The zero-order valence-corrected chi connectivity index (χ0v) is 10.0. The molecule has 0 N–H and O–H groups in total. The van der Waals surface area contributed by atoms with Crippen molar-refractivity contribution < 1.29 is 4.79 Å². The average molecular weight is 258 g/mol. The van der Waals surface area contributed by atoms with Crippen LogP contribution in [0.15, 0.2) is 48.9 Å². The number of benzene rings is 1. The zero-order chi connectivity index (χ0) is 12.5. The molecule has 3 rings (SSSR count). The Labute approximate surface area is 108 Å². The first-order valence-corrected chi connectivity index (χ1v) is 5.72. The largest absolute Gasteiger partial charge is 0.282 e. The van der Waals surface area contributed by atoms with Gasteiger partial charge in [-0.3, -0.25) is 9.36 Å². The molecule has 2 aromatic heterocycles. The smallest absolute Gasteiger partial charge is 0.281 e. The van der Waals surface area contributed by atoms with E-state index in [4.69, 9.17) is 11.6 Å². The van der Waals surface area contributed by atoms with Crippen molar-refractivity contribution in [2.75, 3.05) is 0 Å². The van der Waals surface area contributed by atoms with Gasteiger partial charge in [0.2, 0.25) is 0 Å². The Balaban J connectivity index is 2.12. The molecule has 3 aromatic rings. The number of nitrogens with zero attached hydrogens (tertiary/aromatic N) is 3. The third kappa shape index (κ3) is 1.76. The van der Waals surface area contributed by atoms with E-state index < -0.39 is 0 Å². The number of halogens is 1. The van der Waals surface area contributed by atoms with Crippen molar-refractivity contribution in [3.63, 3.8) is 0 Å². The summed E-state index contributed by atoms with van der Waals surface area (Å²) >= 11 is 5.76. The summed E-state index contributed by atoms with van der Waals surface area (Å²) in [6, 6.07) is 11.0.